The van der Waals surface area contributed by atoms with Crippen LogP contribution in [0.25, 0.3) is 0 Å². The first-order chi connectivity index (χ1) is 7.49. The number of methoxy groups -OCH3 is 1. The molecule has 0 aliphatic rings. The van der Waals surface area contributed by atoms with Crippen molar-refractivity contribution >= 4 is 0 Å². The van der Waals surface area contributed by atoms with E-state index in [-0.39, 0.29) is 0 Å². The molecule has 2 N–H and O–H groups in total. The Balaban J connectivity index is 3.01. The van der Waals surface area contributed by atoms with Gasteiger partial charge < -0.3 is 9.57 Å². The van der Waals surface area contributed by atoms with Gasteiger partial charge in [-0.2, -0.15) is 0 Å². The molecule has 16 heavy (non-hydrogen) atoms. The monoisotopic (exact) mass is 227 g/mol. The molecule has 0 amide bonds. The van der Waals surface area contributed by atoms with Crippen LogP contribution in [-0.2, 0) is 16.9 Å². The molecule has 0 spiro atoms. The quantitative estimate of drug-likeness (QED) is 0.785. The zero-order chi connectivity index (χ0) is 12.2. The van der Waals surface area contributed by atoms with E-state index in [1.807, 2.05) is 0 Å². The van der Waals surface area contributed by atoms with Gasteiger partial charge in [-0.25, -0.2) is 10.3 Å². The largest absolute Gasteiger partial charge is 0.496 e. The first-order valence-corrected chi connectivity index (χ1v) is 5.17. The molecule has 0 unspecified atom stereocenters. The van der Waals surface area contributed by atoms with Crippen molar-refractivity contribution in [1.82, 2.24) is 0 Å². The summed E-state index contributed by atoms with van der Waals surface area (Å²) in [5, 5.41) is 0. The zero-order valence-corrected chi connectivity index (χ0v) is 9.92. The molecular weight excluding hydrogens is 209 g/mol. The fourth-order valence-corrected chi connectivity index (χ4v) is 1.51. The Hall–Kier alpha value is -1.13. The second-order valence-corrected chi connectivity index (χ2v) is 4.12. The van der Waals surface area contributed by atoms with Crippen LogP contribution in [0.4, 0.5) is 4.39 Å². The lowest BCUT2D eigenvalue weighted by Gasteiger charge is -2.17. The summed E-state index contributed by atoms with van der Waals surface area (Å²) in [7, 11) is 1.59. The minimum Gasteiger partial charge on any atom is -0.496 e. The molecule has 4 heteroatoms. The first-order valence-electron chi connectivity index (χ1n) is 5.17. The molecule has 0 fully saturated rings. The lowest BCUT2D eigenvalue weighted by Crippen LogP contribution is -2.11. The summed E-state index contributed by atoms with van der Waals surface area (Å²) in [4.78, 5) is 4.52. The Morgan fingerprint density at radius 3 is 2.56 bits per heavy atom. The van der Waals surface area contributed by atoms with E-state index in [2.05, 4.69) is 4.84 Å². The van der Waals surface area contributed by atoms with E-state index in [1.54, 1.807) is 25.3 Å². The highest BCUT2D eigenvalue weighted by molar-refractivity contribution is 5.39. The Bertz CT molecular complexity index is 347. The molecule has 3 nitrogen and oxygen atoms in total. The van der Waals surface area contributed by atoms with Gasteiger partial charge in [-0.1, -0.05) is 6.07 Å². The zero-order valence-electron chi connectivity index (χ0n) is 9.92. The molecule has 0 aromatic heterocycles. The highest BCUT2D eigenvalue weighted by Gasteiger charge is 2.20. The van der Waals surface area contributed by atoms with Crippen LogP contribution in [0.3, 0.4) is 0 Å². The number of nitrogens with two attached hydrogens (primary N) is 1. The van der Waals surface area contributed by atoms with Gasteiger partial charge in [0.05, 0.1) is 13.7 Å². The number of halogens is 1. The summed E-state index contributed by atoms with van der Waals surface area (Å²) in [5.74, 6) is 5.70. The van der Waals surface area contributed by atoms with Crippen LogP contribution in [0.1, 0.15) is 25.0 Å². The molecule has 0 heterocycles. The molecule has 1 rings (SSSR count). The maximum absolute atomic E-state index is 13.8. The van der Waals surface area contributed by atoms with E-state index in [9.17, 15) is 4.39 Å². The molecule has 0 aliphatic heterocycles. The second-order valence-electron chi connectivity index (χ2n) is 4.12. The van der Waals surface area contributed by atoms with Crippen LogP contribution < -0.4 is 10.6 Å². The minimum absolute atomic E-state index is 0.381. The van der Waals surface area contributed by atoms with Gasteiger partial charge in [0.2, 0.25) is 0 Å². The third-order valence-corrected chi connectivity index (χ3v) is 2.46. The van der Waals surface area contributed by atoms with Crippen molar-refractivity contribution in [3.63, 3.8) is 0 Å². The summed E-state index contributed by atoms with van der Waals surface area (Å²) in [6, 6.07) is 5.28. The Morgan fingerprint density at radius 1 is 1.38 bits per heavy atom. The van der Waals surface area contributed by atoms with Crippen LogP contribution in [0, 0.1) is 0 Å². The average Bonchev–Trinajstić information content (AvgIpc) is 2.24. The van der Waals surface area contributed by atoms with Crippen molar-refractivity contribution in [3.05, 3.63) is 29.3 Å². The minimum atomic E-state index is -1.36. The van der Waals surface area contributed by atoms with Gasteiger partial charge in [0.25, 0.3) is 0 Å². The molecule has 0 bridgehead atoms. The molecular formula is C12H18FNO2. The summed E-state index contributed by atoms with van der Waals surface area (Å²) in [5.41, 5.74) is 0.168. The summed E-state index contributed by atoms with van der Waals surface area (Å²) >= 11 is 0. The predicted molar refractivity (Wildman–Crippen MR) is 61.0 cm³/mol. The maximum atomic E-state index is 13.8. The van der Waals surface area contributed by atoms with Gasteiger partial charge in [0.1, 0.15) is 11.4 Å². The van der Waals surface area contributed by atoms with E-state index in [0.717, 1.165) is 11.3 Å². The van der Waals surface area contributed by atoms with Crippen LogP contribution in [0.5, 0.6) is 5.75 Å². The SMILES string of the molecule is COc1ccc(C(C)(C)F)cc1CCON. The van der Waals surface area contributed by atoms with Gasteiger partial charge >= 0.3 is 0 Å². The molecule has 1 aromatic rings. The Kier molecular flexibility index (Phi) is 4.26. The summed E-state index contributed by atoms with van der Waals surface area (Å²) < 4.78 is 19.0. The lowest BCUT2D eigenvalue weighted by molar-refractivity contribution is 0.140. The van der Waals surface area contributed by atoms with Crippen molar-refractivity contribution < 1.29 is 14.0 Å². The lowest BCUT2D eigenvalue weighted by atomic mass is 9.96. The number of hydrogen-bond donors (Lipinski definition) is 1. The van der Waals surface area contributed by atoms with Gasteiger partial charge in [0, 0.05) is 6.42 Å². The van der Waals surface area contributed by atoms with E-state index >= 15 is 0 Å². The highest BCUT2D eigenvalue weighted by Crippen LogP contribution is 2.29. The fraction of sp³-hybridized carbons (Fsp3) is 0.500. The van der Waals surface area contributed by atoms with Gasteiger partial charge in [-0.3, -0.25) is 0 Å². The van der Waals surface area contributed by atoms with Crippen LogP contribution >= 0.6 is 0 Å². The molecule has 0 aliphatic carbocycles. The molecule has 90 valence electrons. The third kappa shape index (κ3) is 3.18. The van der Waals surface area contributed by atoms with E-state index in [1.165, 1.54) is 13.8 Å². The standard InChI is InChI=1S/C12H18FNO2/c1-12(2,13)10-4-5-11(15-3)9(8-10)6-7-16-14/h4-5,8H,6-7,14H2,1-3H3. The normalized spacial score (nSPS) is 11.6. The fourth-order valence-electron chi connectivity index (χ4n) is 1.51. The Labute approximate surface area is 95.3 Å². The maximum Gasteiger partial charge on any atom is 0.130 e. The van der Waals surface area contributed by atoms with E-state index < -0.39 is 5.67 Å². The Morgan fingerprint density at radius 2 is 2.06 bits per heavy atom. The highest BCUT2D eigenvalue weighted by atomic mass is 19.1. The number of hydrogen-bond acceptors (Lipinski definition) is 3. The van der Waals surface area contributed by atoms with E-state index in [0.29, 0.717) is 18.6 Å². The number of alkyl halides is 1. The topological polar surface area (TPSA) is 44.5 Å². The van der Waals surface area contributed by atoms with Crippen molar-refractivity contribution in [2.75, 3.05) is 13.7 Å². The van der Waals surface area contributed by atoms with Crippen LogP contribution in [-0.4, -0.2) is 13.7 Å². The molecule has 0 atom stereocenters. The number of benzene rings is 1. The van der Waals surface area contributed by atoms with Crippen molar-refractivity contribution in [2.45, 2.75) is 25.9 Å². The number of ether oxygens (including phenoxy) is 1. The van der Waals surface area contributed by atoms with Crippen molar-refractivity contribution in [3.8, 4) is 5.75 Å². The van der Waals surface area contributed by atoms with Crippen molar-refractivity contribution in [1.29, 1.82) is 0 Å². The van der Waals surface area contributed by atoms with Gasteiger partial charge in [-0.05, 0) is 37.1 Å². The van der Waals surface area contributed by atoms with Crippen LogP contribution in [0.2, 0.25) is 0 Å². The predicted octanol–water partition coefficient (Wildman–Crippen LogP) is 2.33. The molecule has 0 radical (unpaired) electrons. The second kappa shape index (κ2) is 5.27. The summed E-state index contributed by atoms with van der Waals surface area (Å²) in [6.07, 6.45) is 0.601. The van der Waals surface area contributed by atoms with Crippen LogP contribution in [0.15, 0.2) is 18.2 Å². The third-order valence-electron chi connectivity index (χ3n) is 2.46. The summed E-state index contributed by atoms with van der Waals surface area (Å²) in [6.45, 7) is 3.43. The van der Waals surface area contributed by atoms with Gasteiger partial charge in [0.15, 0.2) is 0 Å². The smallest absolute Gasteiger partial charge is 0.130 e. The average molecular weight is 227 g/mol. The molecule has 0 saturated heterocycles. The van der Waals surface area contributed by atoms with E-state index in [4.69, 9.17) is 10.6 Å². The number of rotatable bonds is 5. The molecule has 1 aromatic carbocycles. The molecule has 0 saturated carbocycles. The van der Waals surface area contributed by atoms with Crippen molar-refractivity contribution in [2.24, 2.45) is 5.90 Å². The van der Waals surface area contributed by atoms with Gasteiger partial charge in [-0.15, -0.1) is 0 Å². The first kappa shape index (κ1) is 12.9.